The highest BCUT2D eigenvalue weighted by atomic mass is 32.1. The van der Waals surface area contributed by atoms with Crippen molar-refractivity contribution in [1.29, 1.82) is 5.26 Å². The van der Waals surface area contributed by atoms with Crippen LogP contribution in [-0.2, 0) is 6.54 Å². The molecule has 132 valence electrons. The van der Waals surface area contributed by atoms with E-state index in [0.717, 1.165) is 10.6 Å². The summed E-state index contributed by atoms with van der Waals surface area (Å²) in [6, 6.07) is 15.3. The van der Waals surface area contributed by atoms with E-state index < -0.39 is 0 Å². The van der Waals surface area contributed by atoms with Crippen LogP contribution in [0.3, 0.4) is 0 Å². The van der Waals surface area contributed by atoms with Crippen molar-refractivity contribution < 1.29 is 0 Å². The summed E-state index contributed by atoms with van der Waals surface area (Å²) in [6.45, 7) is 0.245. The molecule has 8 heteroatoms. The molecule has 0 aliphatic heterocycles. The van der Waals surface area contributed by atoms with Crippen molar-refractivity contribution in [2.24, 2.45) is 0 Å². The Kier molecular flexibility index (Phi) is 4.60. The van der Waals surface area contributed by atoms with Gasteiger partial charge < -0.3 is 5.32 Å². The molecule has 0 aliphatic carbocycles. The topological polar surface area (TPSA) is 96.5 Å². The van der Waals surface area contributed by atoms with Crippen molar-refractivity contribution in [3.63, 3.8) is 0 Å². The molecule has 0 saturated carbocycles. The number of nitrogens with zero attached hydrogens (tertiary/aromatic N) is 5. The van der Waals surface area contributed by atoms with Crippen molar-refractivity contribution in [3.8, 4) is 16.6 Å². The molecule has 0 amide bonds. The largest absolute Gasteiger partial charge is 0.324 e. The number of para-hydroxylation sites is 1. The highest BCUT2D eigenvalue weighted by Crippen LogP contribution is 2.22. The number of aromatic nitrogens is 4. The highest BCUT2D eigenvalue weighted by molar-refractivity contribution is 7.13. The first-order valence-corrected chi connectivity index (χ1v) is 9.15. The van der Waals surface area contributed by atoms with Gasteiger partial charge in [-0.2, -0.15) is 10.2 Å². The van der Waals surface area contributed by atoms with Crippen LogP contribution in [0.5, 0.6) is 0 Å². The van der Waals surface area contributed by atoms with E-state index >= 15 is 0 Å². The number of nitriles is 1. The third kappa shape index (κ3) is 3.41. The molecule has 0 spiro atoms. The molecule has 0 fully saturated rings. The molecule has 0 bridgehead atoms. The maximum absolute atomic E-state index is 13.0. The lowest BCUT2D eigenvalue weighted by Gasteiger charge is -2.11. The normalized spacial score (nSPS) is 10.6. The molecular weight excluding hydrogens is 360 g/mol. The Morgan fingerprint density at radius 2 is 2.00 bits per heavy atom. The van der Waals surface area contributed by atoms with E-state index in [1.54, 1.807) is 6.20 Å². The Bertz CT molecular complexity index is 1180. The second-order valence-electron chi connectivity index (χ2n) is 5.70. The summed E-state index contributed by atoms with van der Waals surface area (Å²) in [4.78, 5) is 27.0. The number of aryl methyl sites for hydroxylation is 1. The minimum Gasteiger partial charge on any atom is -0.324 e. The Morgan fingerprint density at radius 3 is 2.74 bits per heavy atom. The Labute approximate surface area is 158 Å². The van der Waals surface area contributed by atoms with Gasteiger partial charge >= 0.3 is 0 Å². The third-order valence-electron chi connectivity index (χ3n) is 3.92. The SMILES string of the molecule is N#CCCn1c(=O)c(-c2cccs2)nc2cnc(Nc3ccccc3)nc21. The fourth-order valence-electron chi connectivity index (χ4n) is 2.69. The molecule has 27 heavy (non-hydrogen) atoms. The van der Waals surface area contributed by atoms with E-state index in [4.69, 9.17) is 5.26 Å². The van der Waals surface area contributed by atoms with Crippen molar-refractivity contribution in [2.45, 2.75) is 13.0 Å². The molecule has 1 aromatic carbocycles. The van der Waals surface area contributed by atoms with Gasteiger partial charge in [0.25, 0.3) is 5.56 Å². The van der Waals surface area contributed by atoms with Gasteiger partial charge in [0, 0.05) is 12.2 Å². The van der Waals surface area contributed by atoms with Crippen LogP contribution >= 0.6 is 11.3 Å². The first-order valence-electron chi connectivity index (χ1n) is 8.27. The van der Waals surface area contributed by atoms with Crippen LogP contribution in [0.25, 0.3) is 21.7 Å². The predicted molar refractivity (Wildman–Crippen MR) is 105 cm³/mol. The number of benzene rings is 1. The van der Waals surface area contributed by atoms with Crippen LogP contribution in [0, 0.1) is 11.3 Å². The minimum absolute atomic E-state index is 0.203. The summed E-state index contributed by atoms with van der Waals surface area (Å²) in [6.07, 6.45) is 1.79. The van der Waals surface area contributed by atoms with E-state index in [1.165, 1.54) is 15.9 Å². The zero-order valence-corrected chi connectivity index (χ0v) is 15.0. The van der Waals surface area contributed by atoms with Crippen LogP contribution in [0.1, 0.15) is 6.42 Å². The molecule has 0 unspecified atom stereocenters. The van der Waals surface area contributed by atoms with Crippen LogP contribution in [-0.4, -0.2) is 19.5 Å². The van der Waals surface area contributed by atoms with Crippen LogP contribution < -0.4 is 10.9 Å². The second kappa shape index (κ2) is 7.35. The minimum atomic E-state index is -0.260. The zero-order chi connectivity index (χ0) is 18.6. The number of fused-ring (bicyclic) bond motifs is 1. The number of nitrogens with one attached hydrogen (secondary N) is 1. The van der Waals surface area contributed by atoms with E-state index in [-0.39, 0.29) is 18.5 Å². The molecule has 3 aromatic heterocycles. The van der Waals surface area contributed by atoms with Gasteiger partial charge in [0.15, 0.2) is 5.65 Å². The van der Waals surface area contributed by atoms with E-state index in [2.05, 4.69) is 26.3 Å². The zero-order valence-electron chi connectivity index (χ0n) is 14.2. The Hall–Kier alpha value is -3.57. The van der Waals surface area contributed by atoms with Gasteiger partial charge in [-0.1, -0.05) is 24.3 Å². The maximum atomic E-state index is 13.0. The van der Waals surface area contributed by atoms with Crippen molar-refractivity contribution in [3.05, 3.63) is 64.4 Å². The summed E-state index contributed by atoms with van der Waals surface area (Å²) in [5, 5.41) is 14.0. The first kappa shape index (κ1) is 16.9. The molecule has 0 saturated heterocycles. The summed E-state index contributed by atoms with van der Waals surface area (Å²) in [5.74, 6) is 0.365. The van der Waals surface area contributed by atoms with Gasteiger partial charge in [0.05, 0.1) is 23.6 Å². The molecule has 0 radical (unpaired) electrons. The molecule has 4 aromatic rings. The van der Waals surface area contributed by atoms with Gasteiger partial charge in [-0.3, -0.25) is 9.36 Å². The number of hydrogen-bond acceptors (Lipinski definition) is 7. The lowest BCUT2D eigenvalue weighted by molar-refractivity contribution is 0.702. The third-order valence-corrected chi connectivity index (χ3v) is 4.79. The standard InChI is InChI=1S/C19H14N6OS/c20-9-5-10-25-17-14(23-16(18(25)26)15-8-4-11-27-15)12-21-19(24-17)22-13-6-2-1-3-7-13/h1-4,6-8,11-12H,5,10H2,(H,21,22,24). The number of anilines is 2. The predicted octanol–water partition coefficient (Wildman–Crippen LogP) is 3.57. The van der Waals surface area contributed by atoms with Gasteiger partial charge in [-0.05, 0) is 23.6 Å². The van der Waals surface area contributed by atoms with Crippen LogP contribution in [0.2, 0.25) is 0 Å². The fourth-order valence-corrected chi connectivity index (χ4v) is 3.40. The molecule has 3 heterocycles. The Morgan fingerprint density at radius 1 is 1.15 bits per heavy atom. The maximum Gasteiger partial charge on any atom is 0.279 e. The van der Waals surface area contributed by atoms with Crippen LogP contribution in [0.15, 0.2) is 58.8 Å². The monoisotopic (exact) mass is 374 g/mol. The molecule has 0 aliphatic rings. The highest BCUT2D eigenvalue weighted by Gasteiger charge is 2.15. The number of rotatable bonds is 5. The number of thiophene rings is 1. The van der Waals surface area contributed by atoms with E-state index in [1.807, 2.05) is 47.8 Å². The van der Waals surface area contributed by atoms with Crippen molar-refractivity contribution >= 4 is 34.1 Å². The van der Waals surface area contributed by atoms with Crippen molar-refractivity contribution in [1.82, 2.24) is 19.5 Å². The van der Waals surface area contributed by atoms with Crippen molar-refractivity contribution in [2.75, 3.05) is 5.32 Å². The summed E-state index contributed by atoms with van der Waals surface area (Å²) >= 11 is 1.44. The fraction of sp³-hybridized carbons (Fsp3) is 0.105. The van der Waals surface area contributed by atoms with E-state index in [9.17, 15) is 4.79 Å². The molecule has 1 N–H and O–H groups in total. The van der Waals surface area contributed by atoms with Gasteiger partial charge in [-0.25, -0.2) is 9.97 Å². The van der Waals surface area contributed by atoms with Gasteiger partial charge in [-0.15, -0.1) is 11.3 Å². The average Bonchev–Trinajstić information content (AvgIpc) is 3.22. The number of hydrogen-bond donors (Lipinski definition) is 1. The Balaban J connectivity index is 1.85. The second-order valence-corrected chi connectivity index (χ2v) is 6.64. The first-order chi connectivity index (χ1) is 13.3. The summed E-state index contributed by atoms with van der Waals surface area (Å²) < 4.78 is 1.50. The summed E-state index contributed by atoms with van der Waals surface area (Å²) in [5.41, 5.74) is 1.84. The lowest BCUT2D eigenvalue weighted by atomic mass is 10.3. The van der Waals surface area contributed by atoms with Gasteiger partial charge in [0.1, 0.15) is 11.2 Å². The quantitative estimate of drug-likeness (QED) is 0.574. The average molecular weight is 374 g/mol. The van der Waals surface area contributed by atoms with Crippen LogP contribution in [0.4, 0.5) is 11.6 Å². The molecule has 7 nitrogen and oxygen atoms in total. The lowest BCUT2D eigenvalue weighted by Crippen LogP contribution is -2.24. The molecule has 4 rings (SSSR count). The van der Waals surface area contributed by atoms with E-state index in [0.29, 0.717) is 22.8 Å². The summed E-state index contributed by atoms with van der Waals surface area (Å²) in [7, 11) is 0. The van der Waals surface area contributed by atoms with Gasteiger partial charge in [0.2, 0.25) is 5.95 Å². The molecular formula is C19H14N6OS. The molecule has 0 atom stereocenters. The smallest absolute Gasteiger partial charge is 0.279 e.